The van der Waals surface area contributed by atoms with Gasteiger partial charge >= 0.3 is 12.0 Å². The smallest absolute Gasteiger partial charge is 0.323 e. The molecule has 0 spiro atoms. The van der Waals surface area contributed by atoms with Crippen LogP contribution in [0, 0.1) is 0 Å². The number of hydrogen-bond acceptors (Lipinski definition) is 3. The van der Waals surface area contributed by atoms with Gasteiger partial charge in [0.25, 0.3) is 0 Å². The van der Waals surface area contributed by atoms with Crippen LogP contribution in [0.3, 0.4) is 0 Å². The van der Waals surface area contributed by atoms with Crippen LogP contribution in [-0.2, 0) is 4.79 Å². The van der Waals surface area contributed by atoms with Gasteiger partial charge in [0.1, 0.15) is 6.54 Å². The molecule has 0 aliphatic carbocycles. The van der Waals surface area contributed by atoms with Gasteiger partial charge in [-0.2, -0.15) is 0 Å². The third-order valence-corrected chi connectivity index (χ3v) is 2.36. The van der Waals surface area contributed by atoms with Crippen molar-refractivity contribution in [1.82, 2.24) is 15.2 Å². The fourth-order valence-electron chi connectivity index (χ4n) is 1.64. The zero-order valence-corrected chi connectivity index (χ0v) is 8.46. The second kappa shape index (κ2) is 4.18. The molecule has 2 amide bonds. The lowest BCUT2D eigenvalue weighted by atomic mass is 10.2. The van der Waals surface area contributed by atoms with Gasteiger partial charge in [-0.15, -0.1) is 0 Å². The molecule has 6 heteroatoms. The van der Waals surface area contributed by atoms with E-state index < -0.39 is 5.97 Å². The number of carboxylic acids is 1. The Kier molecular flexibility index (Phi) is 2.72. The largest absolute Gasteiger partial charge is 0.480 e. The number of hydrogen-bond donors (Lipinski definition) is 2. The number of carbonyl (C=O) groups excluding carboxylic acids is 1. The summed E-state index contributed by atoms with van der Waals surface area (Å²) in [6.07, 6.45) is 1.64. The minimum absolute atomic E-state index is 0.229. The summed E-state index contributed by atoms with van der Waals surface area (Å²) >= 11 is 0. The van der Waals surface area contributed by atoms with Gasteiger partial charge in [0, 0.05) is 12.7 Å². The first-order chi connectivity index (χ1) is 7.66. The average molecular weight is 221 g/mol. The number of carboxylic acid groups (broad SMARTS) is 1. The third-order valence-electron chi connectivity index (χ3n) is 2.36. The van der Waals surface area contributed by atoms with Crippen molar-refractivity contribution in [2.75, 3.05) is 13.1 Å². The van der Waals surface area contributed by atoms with E-state index in [1.807, 2.05) is 6.07 Å². The molecule has 0 saturated carbocycles. The van der Waals surface area contributed by atoms with Crippen molar-refractivity contribution in [2.24, 2.45) is 0 Å². The van der Waals surface area contributed by atoms with Gasteiger partial charge in [0.2, 0.25) is 0 Å². The molecule has 16 heavy (non-hydrogen) atoms. The normalized spacial score (nSPS) is 19.6. The highest BCUT2D eigenvalue weighted by atomic mass is 16.4. The van der Waals surface area contributed by atoms with Crippen LogP contribution in [0.5, 0.6) is 0 Å². The minimum Gasteiger partial charge on any atom is -0.480 e. The van der Waals surface area contributed by atoms with Crippen molar-refractivity contribution in [2.45, 2.75) is 6.04 Å². The number of nitrogens with zero attached hydrogens (tertiary/aromatic N) is 2. The number of pyridine rings is 1. The quantitative estimate of drug-likeness (QED) is 0.765. The topological polar surface area (TPSA) is 82.5 Å². The van der Waals surface area contributed by atoms with Gasteiger partial charge in [-0.3, -0.25) is 9.78 Å². The van der Waals surface area contributed by atoms with Crippen LogP contribution in [0.15, 0.2) is 24.4 Å². The second-order valence-corrected chi connectivity index (χ2v) is 3.53. The van der Waals surface area contributed by atoms with E-state index >= 15 is 0 Å². The molecule has 2 heterocycles. The molecule has 0 bridgehead atoms. The Bertz CT molecular complexity index is 407. The zero-order chi connectivity index (χ0) is 11.5. The number of nitrogens with one attached hydrogen (secondary N) is 1. The summed E-state index contributed by atoms with van der Waals surface area (Å²) in [5.41, 5.74) is 0.740. The first-order valence-corrected chi connectivity index (χ1v) is 4.85. The number of carbonyl (C=O) groups is 2. The fourth-order valence-corrected chi connectivity index (χ4v) is 1.64. The monoisotopic (exact) mass is 221 g/mol. The van der Waals surface area contributed by atoms with Crippen LogP contribution in [0.4, 0.5) is 4.79 Å². The molecule has 2 rings (SSSR count). The summed E-state index contributed by atoms with van der Waals surface area (Å²) in [4.78, 5) is 27.3. The molecule has 0 aromatic carbocycles. The van der Waals surface area contributed by atoms with Crippen molar-refractivity contribution in [1.29, 1.82) is 0 Å². The molecule has 1 saturated heterocycles. The maximum absolute atomic E-state index is 11.4. The van der Waals surface area contributed by atoms with E-state index in [4.69, 9.17) is 5.11 Å². The third kappa shape index (κ3) is 2.10. The molecule has 1 aliphatic heterocycles. The lowest BCUT2D eigenvalue weighted by Crippen LogP contribution is -2.32. The predicted octanol–water partition coefficient (Wildman–Crippen LogP) is 0.233. The Labute approximate surface area is 91.9 Å². The number of urea groups is 1. The highest BCUT2D eigenvalue weighted by molar-refractivity contribution is 5.82. The van der Waals surface area contributed by atoms with Crippen molar-refractivity contribution < 1.29 is 14.7 Å². The van der Waals surface area contributed by atoms with Crippen LogP contribution >= 0.6 is 0 Å². The molecule has 2 N–H and O–H groups in total. The summed E-state index contributed by atoms with van der Waals surface area (Å²) in [5.74, 6) is -1.02. The van der Waals surface area contributed by atoms with Crippen LogP contribution < -0.4 is 5.32 Å². The van der Waals surface area contributed by atoms with E-state index in [2.05, 4.69) is 10.3 Å². The molecule has 0 radical (unpaired) electrons. The Morgan fingerprint density at radius 1 is 1.62 bits per heavy atom. The van der Waals surface area contributed by atoms with E-state index in [0.29, 0.717) is 6.54 Å². The zero-order valence-electron chi connectivity index (χ0n) is 8.46. The van der Waals surface area contributed by atoms with Gasteiger partial charge in [-0.05, 0) is 12.1 Å². The molecule has 1 aliphatic rings. The van der Waals surface area contributed by atoms with Crippen LogP contribution in [-0.4, -0.2) is 40.1 Å². The highest BCUT2D eigenvalue weighted by Gasteiger charge is 2.31. The Morgan fingerprint density at radius 3 is 3.06 bits per heavy atom. The van der Waals surface area contributed by atoms with Crippen molar-refractivity contribution in [3.05, 3.63) is 30.1 Å². The number of rotatable bonds is 3. The summed E-state index contributed by atoms with van der Waals surface area (Å²) < 4.78 is 0. The van der Waals surface area contributed by atoms with Crippen LogP contribution in [0.25, 0.3) is 0 Å². The molecule has 84 valence electrons. The predicted molar refractivity (Wildman–Crippen MR) is 54.7 cm³/mol. The number of aliphatic carboxylic acids is 1. The molecule has 1 aromatic heterocycles. The van der Waals surface area contributed by atoms with Crippen LogP contribution in [0.2, 0.25) is 0 Å². The summed E-state index contributed by atoms with van der Waals surface area (Å²) in [5, 5.41) is 11.3. The molecule has 1 aromatic rings. The van der Waals surface area contributed by atoms with Crippen molar-refractivity contribution in [3.8, 4) is 0 Å². The Morgan fingerprint density at radius 2 is 2.44 bits per heavy atom. The van der Waals surface area contributed by atoms with Gasteiger partial charge in [0.05, 0.1) is 11.7 Å². The molecule has 1 atom stereocenters. The summed E-state index contributed by atoms with van der Waals surface area (Å²) in [6.45, 7) is 0.0529. The number of aromatic nitrogens is 1. The van der Waals surface area contributed by atoms with Gasteiger partial charge in [-0.25, -0.2) is 4.79 Å². The van der Waals surface area contributed by atoms with Gasteiger partial charge in [-0.1, -0.05) is 6.07 Å². The van der Waals surface area contributed by atoms with E-state index in [1.54, 1.807) is 18.3 Å². The van der Waals surface area contributed by atoms with Crippen molar-refractivity contribution in [3.63, 3.8) is 0 Å². The minimum atomic E-state index is -1.02. The van der Waals surface area contributed by atoms with E-state index in [1.165, 1.54) is 4.90 Å². The molecule has 6 nitrogen and oxygen atoms in total. The maximum Gasteiger partial charge on any atom is 0.323 e. The first-order valence-electron chi connectivity index (χ1n) is 4.85. The molecule has 1 unspecified atom stereocenters. The van der Waals surface area contributed by atoms with Gasteiger partial charge < -0.3 is 15.3 Å². The lowest BCUT2D eigenvalue weighted by molar-refractivity contribution is -0.137. The molecular weight excluding hydrogens is 210 g/mol. The van der Waals surface area contributed by atoms with Gasteiger partial charge in [0.15, 0.2) is 0 Å². The van der Waals surface area contributed by atoms with Crippen molar-refractivity contribution >= 4 is 12.0 Å². The van der Waals surface area contributed by atoms with E-state index in [9.17, 15) is 9.59 Å². The summed E-state index contributed by atoms with van der Waals surface area (Å²) in [7, 11) is 0. The Hall–Kier alpha value is -2.11. The SMILES string of the molecule is O=C(O)CN1CC(c2ccccn2)NC1=O. The lowest BCUT2D eigenvalue weighted by Gasteiger charge is -2.10. The fraction of sp³-hybridized carbons (Fsp3) is 0.300. The number of amides is 2. The standard InChI is InChI=1S/C10H11N3O3/c14-9(15)6-13-5-8(12-10(13)16)7-3-1-2-4-11-7/h1-4,8H,5-6H2,(H,12,16)(H,14,15). The second-order valence-electron chi connectivity index (χ2n) is 3.53. The van der Waals surface area contributed by atoms with E-state index in [-0.39, 0.29) is 18.6 Å². The van der Waals surface area contributed by atoms with E-state index in [0.717, 1.165) is 5.69 Å². The van der Waals surface area contributed by atoms with Crippen LogP contribution in [0.1, 0.15) is 11.7 Å². The maximum atomic E-state index is 11.4. The first kappa shape index (κ1) is 10.4. The highest BCUT2D eigenvalue weighted by Crippen LogP contribution is 2.17. The molecular formula is C10H11N3O3. The molecule has 1 fully saturated rings. The Balaban J connectivity index is 2.07. The average Bonchev–Trinajstić information content (AvgIpc) is 2.61. The summed E-state index contributed by atoms with van der Waals surface area (Å²) in [6, 6.07) is 4.82.